The zero-order valence-electron chi connectivity index (χ0n) is 15.0. The summed E-state index contributed by atoms with van der Waals surface area (Å²) in [7, 11) is 3.61. The highest BCUT2D eigenvalue weighted by atomic mass is 35.5. The molecular formula is C18H26Cl2N4O2. The van der Waals surface area contributed by atoms with E-state index in [1.54, 1.807) is 13.3 Å². The van der Waals surface area contributed by atoms with Crippen LogP contribution < -0.4 is 10.6 Å². The third kappa shape index (κ3) is 4.76. The lowest BCUT2D eigenvalue weighted by Gasteiger charge is -2.35. The molecule has 26 heavy (non-hydrogen) atoms. The van der Waals surface area contributed by atoms with Crippen molar-refractivity contribution in [1.29, 1.82) is 0 Å². The molecule has 2 heterocycles. The van der Waals surface area contributed by atoms with E-state index in [9.17, 15) is 4.79 Å². The van der Waals surface area contributed by atoms with Crippen LogP contribution in [0.15, 0.2) is 36.7 Å². The minimum Gasteiger partial charge on any atom is -0.384 e. The fourth-order valence-corrected chi connectivity index (χ4v) is 3.26. The van der Waals surface area contributed by atoms with E-state index in [4.69, 9.17) is 4.74 Å². The molecule has 0 aliphatic carbocycles. The molecule has 0 atom stereocenters. The van der Waals surface area contributed by atoms with Gasteiger partial charge in [-0.05, 0) is 38.1 Å². The molecule has 1 fully saturated rings. The van der Waals surface area contributed by atoms with Gasteiger partial charge < -0.3 is 19.9 Å². The number of aryl methyl sites for hydroxylation is 1. The Morgan fingerprint density at radius 1 is 1.35 bits per heavy atom. The van der Waals surface area contributed by atoms with E-state index in [0.717, 1.165) is 43.0 Å². The number of carbonyl (C=O) groups excluding carboxylic acids is 1. The number of piperidine rings is 1. The van der Waals surface area contributed by atoms with E-state index < -0.39 is 5.41 Å². The summed E-state index contributed by atoms with van der Waals surface area (Å²) < 4.78 is 7.30. The molecule has 0 unspecified atom stereocenters. The number of imidazole rings is 1. The van der Waals surface area contributed by atoms with Gasteiger partial charge in [0.1, 0.15) is 5.82 Å². The van der Waals surface area contributed by atoms with Gasteiger partial charge in [0.05, 0.1) is 12.0 Å². The van der Waals surface area contributed by atoms with Crippen LogP contribution >= 0.6 is 24.8 Å². The number of benzene rings is 1. The average Bonchev–Trinajstić information content (AvgIpc) is 3.02. The first-order valence-corrected chi connectivity index (χ1v) is 8.23. The lowest BCUT2D eigenvalue weighted by Crippen LogP contribution is -2.47. The molecule has 0 spiro atoms. The number of hydrogen-bond donors (Lipinski definition) is 2. The van der Waals surface area contributed by atoms with Crippen molar-refractivity contribution in [3.63, 3.8) is 0 Å². The van der Waals surface area contributed by atoms with E-state index >= 15 is 0 Å². The zero-order chi connectivity index (χ0) is 17.0. The smallest absolute Gasteiger partial charge is 0.233 e. The first kappa shape index (κ1) is 22.4. The topological polar surface area (TPSA) is 68.2 Å². The van der Waals surface area contributed by atoms with Crippen molar-refractivity contribution in [3.8, 4) is 11.4 Å². The van der Waals surface area contributed by atoms with Crippen LogP contribution in [0, 0.1) is 5.41 Å². The second kappa shape index (κ2) is 9.92. The lowest BCUT2D eigenvalue weighted by atomic mass is 9.78. The number of anilines is 1. The van der Waals surface area contributed by atoms with Gasteiger partial charge in [-0.1, -0.05) is 12.1 Å². The van der Waals surface area contributed by atoms with E-state index in [-0.39, 0.29) is 30.7 Å². The molecule has 1 aliphatic rings. The minimum absolute atomic E-state index is 0. The minimum atomic E-state index is -0.459. The summed E-state index contributed by atoms with van der Waals surface area (Å²) in [4.78, 5) is 17.3. The van der Waals surface area contributed by atoms with Crippen molar-refractivity contribution in [3.05, 3.63) is 36.7 Å². The molecule has 0 saturated carbocycles. The molecule has 1 aromatic carbocycles. The van der Waals surface area contributed by atoms with Gasteiger partial charge in [0.15, 0.2) is 0 Å². The zero-order valence-corrected chi connectivity index (χ0v) is 16.7. The molecule has 1 aliphatic heterocycles. The fourth-order valence-electron chi connectivity index (χ4n) is 3.26. The van der Waals surface area contributed by atoms with Gasteiger partial charge in [-0.25, -0.2) is 4.98 Å². The van der Waals surface area contributed by atoms with Crippen LogP contribution in [-0.4, -0.2) is 42.3 Å². The van der Waals surface area contributed by atoms with Crippen LogP contribution in [0.5, 0.6) is 0 Å². The maximum absolute atomic E-state index is 12.9. The number of nitrogens with zero attached hydrogens (tertiary/aromatic N) is 2. The van der Waals surface area contributed by atoms with E-state index in [0.29, 0.717) is 6.61 Å². The molecule has 2 N–H and O–H groups in total. The number of amides is 1. The summed E-state index contributed by atoms with van der Waals surface area (Å²) in [5.41, 5.74) is 1.31. The van der Waals surface area contributed by atoms with Gasteiger partial charge in [0.25, 0.3) is 0 Å². The van der Waals surface area contributed by atoms with Gasteiger partial charge >= 0.3 is 0 Å². The average molecular weight is 401 g/mol. The highest BCUT2D eigenvalue weighted by Gasteiger charge is 2.39. The summed E-state index contributed by atoms with van der Waals surface area (Å²) >= 11 is 0. The third-order valence-electron chi connectivity index (χ3n) is 4.66. The molecule has 8 heteroatoms. The van der Waals surface area contributed by atoms with Crippen LogP contribution in [-0.2, 0) is 16.6 Å². The summed E-state index contributed by atoms with van der Waals surface area (Å²) in [5.74, 6) is 0.905. The van der Waals surface area contributed by atoms with Crippen molar-refractivity contribution in [1.82, 2.24) is 14.9 Å². The predicted octanol–water partition coefficient (Wildman–Crippen LogP) is 2.89. The number of rotatable bonds is 5. The highest BCUT2D eigenvalue weighted by Crippen LogP contribution is 2.31. The number of halogens is 2. The Balaban J connectivity index is 0.00000169. The molecule has 6 nitrogen and oxygen atoms in total. The maximum atomic E-state index is 12.9. The van der Waals surface area contributed by atoms with E-state index in [1.807, 2.05) is 42.1 Å². The van der Waals surface area contributed by atoms with E-state index in [1.165, 1.54) is 0 Å². The molecule has 144 valence electrons. The van der Waals surface area contributed by atoms with Crippen molar-refractivity contribution in [2.24, 2.45) is 12.5 Å². The standard InChI is InChI=1S/C18H24N4O2.2ClH/c1-22-11-10-20-16(22)14-4-3-5-15(12-14)21-17(23)18(13-24-2)6-8-19-9-7-18;;/h3-5,10-12,19H,6-9,13H2,1-2H3,(H,21,23);2*1H. The van der Waals surface area contributed by atoms with Gasteiger partial charge in [0.2, 0.25) is 5.91 Å². The molecule has 1 amide bonds. The second-order valence-electron chi connectivity index (χ2n) is 6.36. The Labute approximate surface area is 166 Å². The van der Waals surface area contributed by atoms with Crippen LogP contribution in [0.1, 0.15) is 12.8 Å². The lowest BCUT2D eigenvalue weighted by molar-refractivity contribution is -0.130. The number of ether oxygens (including phenoxy) is 1. The quantitative estimate of drug-likeness (QED) is 0.809. The predicted molar refractivity (Wildman–Crippen MR) is 108 cm³/mol. The summed E-state index contributed by atoms with van der Waals surface area (Å²) in [6, 6.07) is 7.80. The van der Waals surface area contributed by atoms with Crippen LogP contribution in [0.4, 0.5) is 5.69 Å². The third-order valence-corrected chi connectivity index (χ3v) is 4.66. The first-order chi connectivity index (χ1) is 11.6. The monoisotopic (exact) mass is 400 g/mol. The molecular weight excluding hydrogens is 375 g/mol. The molecule has 1 saturated heterocycles. The first-order valence-electron chi connectivity index (χ1n) is 8.23. The Hall–Kier alpha value is -1.60. The maximum Gasteiger partial charge on any atom is 0.233 e. The highest BCUT2D eigenvalue weighted by molar-refractivity contribution is 5.96. The van der Waals surface area contributed by atoms with E-state index in [2.05, 4.69) is 15.6 Å². The molecule has 0 bridgehead atoms. The van der Waals surface area contributed by atoms with Crippen molar-refractivity contribution in [2.75, 3.05) is 32.1 Å². The molecule has 1 aromatic heterocycles. The van der Waals surface area contributed by atoms with Crippen LogP contribution in [0.25, 0.3) is 11.4 Å². The normalized spacial score (nSPS) is 15.5. The molecule has 0 radical (unpaired) electrons. The van der Waals surface area contributed by atoms with Gasteiger partial charge in [-0.3, -0.25) is 4.79 Å². The number of carbonyl (C=O) groups is 1. The Morgan fingerprint density at radius 2 is 2.08 bits per heavy atom. The van der Waals surface area contributed by atoms with Gasteiger partial charge in [-0.15, -0.1) is 24.8 Å². The molecule has 2 aromatic rings. The van der Waals surface area contributed by atoms with Gasteiger partial charge in [0, 0.05) is 37.8 Å². The summed E-state index contributed by atoms with van der Waals surface area (Å²) in [6.45, 7) is 2.12. The van der Waals surface area contributed by atoms with Crippen molar-refractivity contribution >= 4 is 36.4 Å². The number of methoxy groups -OCH3 is 1. The van der Waals surface area contributed by atoms with Crippen LogP contribution in [0.2, 0.25) is 0 Å². The Kier molecular flexibility index (Phi) is 8.56. The fraction of sp³-hybridized carbons (Fsp3) is 0.444. The Bertz CT molecular complexity index is 709. The largest absolute Gasteiger partial charge is 0.384 e. The number of hydrogen-bond acceptors (Lipinski definition) is 4. The second-order valence-corrected chi connectivity index (χ2v) is 6.36. The molecule has 3 rings (SSSR count). The van der Waals surface area contributed by atoms with Crippen LogP contribution in [0.3, 0.4) is 0 Å². The summed E-state index contributed by atoms with van der Waals surface area (Å²) in [6.07, 6.45) is 5.24. The van der Waals surface area contributed by atoms with Crippen molar-refractivity contribution in [2.45, 2.75) is 12.8 Å². The van der Waals surface area contributed by atoms with Gasteiger partial charge in [-0.2, -0.15) is 0 Å². The number of aromatic nitrogens is 2. The summed E-state index contributed by atoms with van der Waals surface area (Å²) in [5, 5.41) is 6.38. The SMILES string of the molecule is COCC1(C(=O)Nc2cccc(-c3nccn3C)c2)CCNCC1.Cl.Cl. The number of nitrogens with one attached hydrogen (secondary N) is 2. The Morgan fingerprint density at radius 3 is 2.69 bits per heavy atom. The van der Waals surface area contributed by atoms with Crippen molar-refractivity contribution < 1.29 is 9.53 Å².